The highest BCUT2D eigenvalue weighted by molar-refractivity contribution is 5.77. The van der Waals surface area contributed by atoms with Crippen molar-refractivity contribution in [1.29, 1.82) is 0 Å². The number of pyridine rings is 1. The molecule has 176 valence electrons. The van der Waals surface area contributed by atoms with Crippen molar-refractivity contribution in [2.45, 2.75) is 65.6 Å². The van der Waals surface area contributed by atoms with Crippen molar-refractivity contribution in [3.63, 3.8) is 0 Å². The van der Waals surface area contributed by atoms with Gasteiger partial charge in [0.25, 0.3) is 5.56 Å². The maximum Gasteiger partial charge on any atom is 0.278 e. The van der Waals surface area contributed by atoms with Gasteiger partial charge in [0.05, 0.1) is 0 Å². The second-order valence-electron chi connectivity index (χ2n) is 10.4. The van der Waals surface area contributed by atoms with Gasteiger partial charge in [-0.25, -0.2) is 19.3 Å². The molecule has 0 unspecified atom stereocenters. The van der Waals surface area contributed by atoms with Crippen LogP contribution in [0.3, 0.4) is 0 Å². The molecular weight excluding hydrogens is 426 g/mol. The lowest BCUT2D eigenvalue weighted by molar-refractivity contribution is 0.442. The van der Waals surface area contributed by atoms with Crippen LogP contribution < -0.4 is 16.2 Å². The monoisotopic (exact) mass is 457 g/mol. The van der Waals surface area contributed by atoms with Gasteiger partial charge in [-0.1, -0.05) is 32.9 Å². The van der Waals surface area contributed by atoms with Crippen molar-refractivity contribution < 1.29 is 0 Å². The summed E-state index contributed by atoms with van der Waals surface area (Å²) in [4.78, 5) is 27.2. The van der Waals surface area contributed by atoms with Gasteiger partial charge in [-0.15, -0.1) is 0 Å². The maximum absolute atomic E-state index is 13.1. The van der Waals surface area contributed by atoms with Gasteiger partial charge in [0, 0.05) is 41.6 Å². The van der Waals surface area contributed by atoms with Gasteiger partial charge in [0.15, 0.2) is 11.5 Å². The van der Waals surface area contributed by atoms with E-state index in [1.807, 2.05) is 31.2 Å². The molecular formula is C26H31N7O. The van der Waals surface area contributed by atoms with E-state index in [4.69, 9.17) is 9.97 Å². The number of anilines is 2. The van der Waals surface area contributed by atoms with Crippen molar-refractivity contribution in [3.8, 4) is 5.82 Å². The minimum absolute atomic E-state index is 0.0308. The van der Waals surface area contributed by atoms with Gasteiger partial charge in [-0.2, -0.15) is 4.98 Å². The third kappa shape index (κ3) is 3.68. The Kier molecular flexibility index (Phi) is 5.09. The van der Waals surface area contributed by atoms with Gasteiger partial charge in [0.1, 0.15) is 5.39 Å². The van der Waals surface area contributed by atoms with Crippen molar-refractivity contribution in [2.24, 2.45) is 0 Å². The minimum atomic E-state index is -0.127. The first-order valence-electron chi connectivity index (χ1n) is 11.7. The topological polar surface area (TPSA) is 89.7 Å². The van der Waals surface area contributed by atoms with Crippen molar-refractivity contribution in [3.05, 3.63) is 69.8 Å². The lowest BCUT2D eigenvalue weighted by Gasteiger charge is -2.19. The Morgan fingerprint density at radius 1 is 1.15 bits per heavy atom. The van der Waals surface area contributed by atoms with E-state index in [1.54, 1.807) is 15.6 Å². The summed E-state index contributed by atoms with van der Waals surface area (Å²) >= 11 is 0. The second kappa shape index (κ2) is 7.77. The maximum atomic E-state index is 13.1. The first-order chi connectivity index (χ1) is 16.1. The Labute approximate surface area is 199 Å². The molecule has 0 saturated heterocycles. The molecule has 5 rings (SSSR count). The van der Waals surface area contributed by atoms with Crippen LogP contribution in [0.2, 0.25) is 0 Å². The fourth-order valence-electron chi connectivity index (χ4n) is 4.53. The average Bonchev–Trinajstić information content (AvgIpc) is 3.25. The molecule has 34 heavy (non-hydrogen) atoms. The molecule has 0 atom stereocenters. The zero-order valence-electron chi connectivity index (χ0n) is 20.6. The fraction of sp³-hybridized carbons (Fsp3) is 0.385. The number of rotatable bonds is 4. The molecule has 1 aromatic carbocycles. The van der Waals surface area contributed by atoms with Crippen molar-refractivity contribution >= 4 is 22.7 Å². The summed E-state index contributed by atoms with van der Waals surface area (Å²) in [6, 6.07) is 12.2. The molecule has 0 amide bonds. The van der Waals surface area contributed by atoms with Crippen LogP contribution in [0.15, 0.2) is 47.4 Å². The molecule has 0 bridgehead atoms. The molecule has 2 N–H and O–H groups in total. The van der Waals surface area contributed by atoms with Gasteiger partial charge in [-0.3, -0.25) is 4.79 Å². The highest BCUT2D eigenvalue weighted by Gasteiger charge is 2.29. The Morgan fingerprint density at radius 3 is 2.68 bits per heavy atom. The number of hydrogen-bond donors (Lipinski definition) is 2. The number of aromatic nitrogens is 5. The molecule has 4 heterocycles. The van der Waals surface area contributed by atoms with Crippen LogP contribution in [0, 0.1) is 0 Å². The van der Waals surface area contributed by atoms with Crippen LogP contribution in [-0.2, 0) is 24.0 Å². The highest BCUT2D eigenvalue weighted by Crippen LogP contribution is 2.32. The third-order valence-corrected chi connectivity index (χ3v) is 6.45. The summed E-state index contributed by atoms with van der Waals surface area (Å²) in [5.74, 6) is 1.10. The zero-order chi connectivity index (χ0) is 24.3. The summed E-state index contributed by atoms with van der Waals surface area (Å²) in [5, 5.41) is 7.31. The molecule has 8 nitrogen and oxygen atoms in total. The van der Waals surface area contributed by atoms with Crippen LogP contribution in [-0.4, -0.2) is 24.3 Å². The quantitative estimate of drug-likeness (QED) is 0.473. The molecule has 8 heteroatoms. The normalized spacial score (nSPS) is 15.0. The summed E-state index contributed by atoms with van der Waals surface area (Å²) in [6.45, 7) is 14.0. The van der Waals surface area contributed by atoms with Crippen LogP contribution in [0.5, 0.6) is 0 Å². The second-order valence-corrected chi connectivity index (χ2v) is 10.4. The number of fused-ring (bicyclic) bond motifs is 2. The van der Waals surface area contributed by atoms with Gasteiger partial charge in [-0.05, 0) is 56.2 Å². The van der Waals surface area contributed by atoms with Crippen LogP contribution in [0.4, 0.5) is 11.6 Å². The smallest absolute Gasteiger partial charge is 0.278 e. The molecule has 0 radical (unpaired) electrons. The summed E-state index contributed by atoms with van der Waals surface area (Å²) < 4.78 is 3.45. The third-order valence-electron chi connectivity index (χ3n) is 6.45. The van der Waals surface area contributed by atoms with E-state index in [0.29, 0.717) is 29.3 Å². The first kappa shape index (κ1) is 22.3. The van der Waals surface area contributed by atoms with Gasteiger partial charge in [0.2, 0.25) is 5.95 Å². The molecule has 4 aromatic rings. The predicted molar refractivity (Wildman–Crippen MR) is 135 cm³/mol. The molecule has 0 fully saturated rings. The first-order valence-corrected chi connectivity index (χ1v) is 11.7. The van der Waals surface area contributed by atoms with E-state index < -0.39 is 0 Å². The number of hydrogen-bond acceptors (Lipinski definition) is 6. The minimum Gasteiger partial charge on any atom is -0.324 e. The van der Waals surface area contributed by atoms with E-state index in [9.17, 15) is 4.79 Å². The summed E-state index contributed by atoms with van der Waals surface area (Å²) in [6.07, 6.45) is 1.60. The fourth-order valence-corrected chi connectivity index (χ4v) is 4.53. The standard InChI is InChI=1S/C26H31N7O/c1-7-32-23(34)18-15-27-24(29-17-11-12-19-16(13-17)14-28-26(19,5)6)31-22(18)33(32)21-10-8-9-20(30-21)25(2,3)4/h8-13,15,28H,7,14H2,1-6H3,(H,27,29,31). The van der Waals surface area contributed by atoms with Crippen molar-refractivity contribution in [1.82, 2.24) is 29.6 Å². The largest absolute Gasteiger partial charge is 0.324 e. The average molecular weight is 458 g/mol. The van der Waals surface area contributed by atoms with E-state index in [1.165, 1.54) is 11.1 Å². The number of nitrogens with zero attached hydrogens (tertiary/aromatic N) is 5. The Hall–Kier alpha value is -3.52. The van der Waals surface area contributed by atoms with Crippen LogP contribution in [0.1, 0.15) is 58.4 Å². The lowest BCUT2D eigenvalue weighted by Crippen LogP contribution is -2.28. The van der Waals surface area contributed by atoms with Crippen LogP contribution >= 0.6 is 0 Å². The zero-order valence-corrected chi connectivity index (χ0v) is 20.6. The van der Waals surface area contributed by atoms with Crippen molar-refractivity contribution in [2.75, 3.05) is 5.32 Å². The Bertz CT molecular complexity index is 1460. The molecule has 1 aliphatic rings. The van der Waals surface area contributed by atoms with E-state index in [2.05, 4.69) is 62.4 Å². The van der Waals surface area contributed by atoms with E-state index in [0.717, 1.165) is 17.9 Å². The molecule has 0 spiro atoms. The SMILES string of the molecule is CCn1c(=O)c2cnc(Nc3ccc4c(c3)CNC4(C)C)nc2n1-c1cccc(C(C)(C)C)n1. The van der Waals surface area contributed by atoms with Gasteiger partial charge < -0.3 is 10.6 Å². The predicted octanol–water partition coefficient (Wildman–Crippen LogP) is 4.38. The highest BCUT2D eigenvalue weighted by atomic mass is 16.1. The Balaban J connectivity index is 1.60. The molecule has 1 aliphatic heterocycles. The molecule has 0 aliphatic carbocycles. The summed E-state index contributed by atoms with van der Waals surface area (Å²) in [7, 11) is 0. The number of nitrogens with one attached hydrogen (secondary N) is 2. The molecule has 0 saturated carbocycles. The number of benzene rings is 1. The van der Waals surface area contributed by atoms with E-state index >= 15 is 0 Å². The van der Waals surface area contributed by atoms with E-state index in [-0.39, 0.29) is 16.5 Å². The summed E-state index contributed by atoms with van der Waals surface area (Å²) in [5.41, 5.74) is 4.68. The van der Waals surface area contributed by atoms with Crippen LogP contribution in [0.25, 0.3) is 16.9 Å². The van der Waals surface area contributed by atoms with Gasteiger partial charge >= 0.3 is 0 Å². The molecule has 3 aromatic heterocycles. The Morgan fingerprint density at radius 2 is 1.94 bits per heavy atom. The lowest BCUT2D eigenvalue weighted by atomic mass is 9.92.